The Morgan fingerprint density at radius 3 is 2.94 bits per heavy atom. The van der Waals surface area contributed by atoms with Gasteiger partial charge in [-0.15, -0.1) is 0 Å². The molecule has 0 aromatic heterocycles. The Morgan fingerprint density at radius 1 is 1.62 bits per heavy atom. The SMILES string of the molecule is COC(=O)CC(C)Nc1cc(Cl)ccc1Br. The maximum Gasteiger partial charge on any atom is 0.307 e. The van der Waals surface area contributed by atoms with Gasteiger partial charge < -0.3 is 10.1 Å². The van der Waals surface area contributed by atoms with Gasteiger partial charge in [0, 0.05) is 15.5 Å². The van der Waals surface area contributed by atoms with E-state index in [0.29, 0.717) is 11.4 Å². The lowest BCUT2D eigenvalue weighted by molar-refractivity contribution is -0.140. The molecule has 5 heteroatoms. The molecule has 0 aliphatic heterocycles. The van der Waals surface area contributed by atoms with Crippen molar-refractivity contribution in [2.45, 2.75) is 19.4 Å². The van der Waals surface area contributed by atoms with Gasteiger partial charge in [-0.2, -0.15) is 0 Å². The number of ether oxygens (including phenoxy) is 1. The monoisotopic (exact) mass is 305 g/mol. The first kappa shape index (κ1) is 13.3. The minimum Gasteiger partial charge on any atom is -0.469 e. The van der Waals surface area contributed by atoms with Gasteiger partial charge in [0.2, 0.25) is 0 Å². The summed E-state index contributed by atoms with van der Waals surface area (Å²) in [7, 11) is 1.38. The Kier molecular flexibility index (Phi) is 5.09. The molecular formula is C11H13BrClNO2. The lowest BCUT2D eigenvalue weighted by Gasteiger charge is -2.15. The second-order valence-corrected chi connectivity index (χ2v) is 4.74. The summed E-state index contributed by atoms with van der Waals surface area (Å²) in [5, 5.41) is 3.83. The van der Waals surface area contributed by atoms with Crippen molar-refractivity contribution in [1.29, 1.82) is 0 Å². The Hall–Kier alpha value is -0.740. The van der Waals surface area contributed by atoms with E-state index in [9.17, 15) is 4.79 Å². The maximum absolute atomic E-state index is 11.1. The molecule has 3 nitrogen and oxygen atoms in total. The second-order valence-electron chi connectivity index (χ2n) is 3.45. The molecule has 0 spiro atoms. The van der Waals surface area contributed by atoms with Gasteiger partial charge in [0.1, 0.15) is 0 Å². The quantitative estimate of drug-likeness (QED) is 0.866. The van der Waals surface area contributed by atoms with Crippen molar-refractivity contribution in [2.24, 2.45) is 0 Å². The Labute approximate surface area is 108 Å². The molecule has 1 atom stereocenters. The fraction of sp³-hybridized carbons (Fsp3) is 0.364. The van der Waals surface area contributed by atoms with E-state index in [4.69, 9.17) is 11.6 Å². The van der Waals surface area contributed by atoms with E-state index >= 15 is 0 Å². The third-order valence-corrected chi connectivity index (χ3v) is 2.96. The van der Waals surface area contributed by atoms with Crippen molar-refractivity contribution < 1.29 is 9.53 Å². The van der Waals surface area contributed by atoms with E-state index in [-0.39, 0.29) is 12.0 Å². The Morgan fingerprint density at radius 2 is 2.31 bits per heavy atom. The standard InChI is InChI=1S/C11H13BrClNO2/c1-7(5-11(15)16-2)14-10-6-8(13)3-4-9(10)12/h3-4,6-7,14H,5H2,1-2H3. The molecule has 0 aliphatic carbocycles. The fourth-order valence-corrected chi connectivity index (χ4v) is 1.79. The molecule has 0 heterocycles. The lowest BCUT2D eigenvalue weighted by Crippen LogP contribution is -2.20. The zero-order valence-electron chi connectivity index (χ0n) is 9.09. The predicted molar refractivity (Wildman–Crippen MR) is 68.9 cm³/mol. The first-order valence-corrected chi connectivity index (χ1v) is 5.98. The highest BCUT2D eigenvalue weighted by molar-refractivity contribution is 9.10. The van der Waals surface area contributed by atoms with Crippen molar-refractivity contribution in [3.05, 3.63) is 27.7 Å². The molecule has 1 rings (SSSR count). The first-order valence-electron chi connectivity index (χ1n) is 4.81. The number of nitrogens with one attached hydrogen (secondary N) is 1. The molecule has 0 saturated heterocycles. The highest BCUT2D eigenvalue weighted by Gasteiger charge is 2.10. The van der Waals surface area contributed by atoms with Crippen LogP contribution in [0.25, 0.3) is 0 Å². The van der Waals surface area contributed by atoms with Crippen LogP contribution in [0.2, 0.25) is 5.02 Å². The molecular weight excluding hydrogens is 293 g/mol. The van der Waals surface area contributed by atoms with E-state index < -0.39 is 0 Å². The average Bonchev–Trinajstić information content (AvgIpc) is 2.23. The van der Waals surface area contributed by atoms with E-state index in [1.807, 2.05) is 13.0 Å². The van der Waals surface area contributed by atoms with Crippen molar-refractivity contribution in [3.63, 3.8) is 0 Å². The number of anilines is 1. The minimum absolute atomic E-state index is 0.0118. The van der Waals surface area contributed by atoms with Gasteiger partial charge in [0.25, 0.3) is 0 Å². The van der Waals surface area contributed by atoms with Crippen LogP contribution in [0.5, 0.6) is 0 Å². The zero-order chi connectivity index (χ0) is 12.1. The summed E-state index contributed by atoms with van der Waals surface area (Å²) in [5.41, 5.74) is 0.865. The van der Waals surface area contributed by atoms with Crippen LogP contribution < -0.4 is 5.32 Å². The van der Waals surface area contributed by atoms with Crippen LogP contribution in [-0.4, -0.2) is 19.1 Å². The molecule has 0 saturated carbocycles. The van der Waals surface area contributed by atoms with Crippen molar-refractivity contribution in [3.8, 4) is 0 Å². The number of carbonyl (C=O) groups excluding carboxylic acids is 1. The highest BCUT2D eigenvalue weighted by Crippen LogP contribution is 2.26. The molecule has 0 bridgehead atoms. The van der Waals surface area contributed by atoms with E-state index in [0.717, 1.165) is 10.2 Å². The third kappa shape index (κ3) is 4.02. The molecule has 1 aromatic carbocycles. The normalized spacial score (nSPS) is 12.0. The van der Waals surface area contributed by atoms with Crippen LogP contribution in [-0.2, 0) is 9.53 Å². The van der Waals surface area contributed by atoms with E-state index in [2.05, 4.69) is 26.0 Å². The number of benzene rings is 1. The Bertz CT molecular complexity index is 384. The third-order valence-electron chi connectivity index (χ3n) is 2.03. The van der Waals surface area contributed by atoms with Crippen LogP contribution in [0, 0.1) is 0 Å². The summed E-state index contributed by atoms with van der Waals surface area (Å²) in [6, 6.07) is 5.44. The molecule has 0 aliphatic rings. The van der Waals surface area contributed by atoms with Crippen molar-refractivity contribution in [1.82, 2.24) is 0 Å². The fourth-order valence-electron chi connectivity index (χ4n) is 1.26. The molecule has 1 aromatic rings. The molecule has 1 N–H and O–H groups in total. The summed E-state index contributed by atoms with van der Waals surface area (Å²) < 4.78 is 5.51. The highest BCUT2D eigenvalue weighted by atomic mass is 79.9. The summed E-state index contributed by atoms with van der Waals surface area (Å²) in [5.74, 6) is -0.238. The number of hydrogen-bond acceptors (Lipinski definition) is 3. The Balaban J connectivity index is 2.65. The van der Waals surface area contributed by atoms with Gasteiger partial charge in [-0.25, -0.2) is 0 Å². The van der Waals surface area contributed by atoms with Gasteiger partial charge in [0.05, 0.1) is 19.2 Å². The van der Waals surface area contributed by atoms with Crippen LogP contribution in [0.15, 0.2) is 22.7 Å². The van der Waals surface area contributed by atoms with Crippen molar-refractivity contribution in [2.75, 3.05) is 12.4 Å². The predicted octanol–water partition coefficient (Wildman–Crippen LogP) is 3.47. The first-order chi connectivity index (χ1) is 7.52. The number of halogens is 2. The second kappa shape index (κ2) is 6.11. The minimum atomic E-state index is -0.238. The smallest absolute Gasteiger partial charge is 0.307 e. The van der Waals surface area contributed by atoms with Crippen molar-refractivity contribution >= 4 is 39.2 Å². The number of esters is 1. The summed E-state index contributed by atoms with van der Waals surface area (Å²) in [6.07, 6.45) is 0.315. The molecule has 0 amide bonds. The number of hydrogen-bond donors (Lipinski definition) is 1. The topological polar surface area (TPSA) is 38.3 Å². The zero-order valence-corrected chi connectivity index (χ0v) is 11.4. The molecule has 0 fully saturated rings. The van der Waals surface area contributed by atoms with Gasteiger partial charge in [-0.05, 0) is 41.1 Å². The van der Waals surface area contributed by atoms with Crippen LogP contribution >= 0.6 is 27.5 Å². The summed E-state index contributed by atoms with van der Waals surface area (Å²) >= 11 is 9.29. The number of carbonyl (C=O) groups is 1. The van der Waals surface area contributed by atoms with Crippen LogP contribution in [0.3, 0.4) is 0 Å². The van der Waals surface area contributed by atoms with E-state index in [1.165, 1.54) is 7.11 Å². The molecule has 88 valence electrons. The summed E-state index contributed by atoms with van der Waals surface area (Å²) in [4.78, 5) is 11.1. The molecule has 0 radical (unpaired) electrons. The van der Waals surface area contributed by atoms with Gasteiger partial charge in [-0.3, -0.25) is 4.79 Å². The van der Waals surface area contributed by atoms with Gasteiger partial charge >= 0.3 is 5.97 Å². The largest absolute Gasteiger partial charge is 0.469 e. The van der Waals surface area contributed by atoms with Gasteiger partial charge in [-0.1, -0.05) is 11.6 Å². The van der Waals surface area contributed by atoms with E-state index in [1.54, 1.807) is 12.1 Å². The molecule has 16 heavy (non-hydrogen) atoms. The molecule has 1 unspecified atom stereocenters. The lowest BCUT2D eigenvalue weighted by atomic mass is 10.2. The maximum atomic E-state index is 11.1. The van der Waals surface area contributed by atoms with Crippen LogP contribution in [0.1, 0.15) is 13.3 Å². The number of methoxy groups -OCH3 is 1. The van der Waals surface area contributed by atoms with Gasteiger partial charge in [0.15, 0.2) is 0 Å². The number of rotatable bonds is 4. The summed E-state index contributed by atoms with van der Waals surface area (Å²) in [6.45, 7) is 1.91. The van der Waals surface area contributed by atoms with Crippen LogP contribution in [0.4, 0.5) is 5.69 Å². The average molecular weight is 307 g/mol.